The highest BCUT2D eigenvalue weighted by atomic mass is 16.3. The molecule has 0 radical (unpaired) electrons. The van der Waals surface area contributed by atoms with E-state index in [9.17, 15) is 0 Å². The van der Waals surface area contributed by atoms with Crippen LogP contribution in [-0.2, 0) is 12.0 Å². The van der Waals surface area contributed by atoms with Crippen molar-refractivity contribution in [2.45, 2.75) is 32.7 Å². The normalized spacial score (nSPS) is 12.0. The van der Waals surface area contributed by atoms with Crippen LogP contribution in [-0.4, -0.2) is 21.5 Å². The number of aromatic nitrogens is 2. The summed E-state index contributed by atoms with van der Waals surface area (Å²) in [5.74, 6) is 0. The maximum atomic E-state index is 9.07. The van der Waals surface area contributed by atoms with Crippen LogP contribution in [0.3, 0.4) is 0 Å². The van der Waals surface area contributed by atoms with Gasteiger partial charge in [-0.25, -0.2) is 0 Å². The topological polar surface area (TPSA) is 38.0 Å². The van der Waals surface area contributed by atoms with E-state index in [1.807, 2.05) is 30.9 Å². The molecule has 0 spiro atoms. The first-order valence-corrected chi connectivity index (χ1v) is 4.25. The monoisotopic (exact) mass is 168 g/mol. The molecule has 0 atom stereocenters. The molecule has 12 heavy (non-hydrogen) atoms. The predicted molar refractivity (Wildman–Crippen MR) is 48.0 cm³/mol. The van der Waals surface area contributed by atoms with Gasteiger partial charge in [0.05, 0.1) is 18.3 Å². The molecule has 0 aromatic carbocycles. The van der Waals surface area contributed by atoms with Crippen molar-refractivity contribution in [3.63, 3.8) is 0 Å². The predicted octanol–water partition coefficient (Wildman–Crippen LogP) is 1.17. The van der Waals surface area contributed by atoms with Crippen LogP contribution in [0.25, 0.3) is 0 Å². The molecule has 0 aliphatic heterocycles. The van der Waals surface area contributed by atoms with Crippen LogP contribution in [0.4, 0.5) is 0 Å². The van der Waals surface area contributed by atoms with Crippen molar-refractivity contribution < 1.29 is 5.11 Å². The summed E-state index contributed by atoms with van der Waals surface area (Å²) in [5.41, 5.74) is 0.921. The lowest BCUT2D eigenvalue weighted by Crippen LogP contribution is -2.30. The summed E-state index contributed by atoms with van der Waals surface area (Å²) in [6.45, 7) is 6.12. The number of aliphatic hydroxyl groups excluding tert-OH is 1. The van der Waals surface area contributed by atoms with Crippen molar-refractivity contribution in [1.82, 2.24) is 9.78 Å². The number of aliphatic hydroxyl groups is 1. The fourth-order valence-electron chi connectivity index (χ4n) is 0.946. The zero-order chi connectivity index (χ0) is 9.19. The highest BCUT2D eigenvalue weighted by Gasteiger charge is 2.19. The zero-order valence-electron chi connectivity index (χ0n) is 7.91. The lowest BCUT2D eigenvalue weighted by atomic mass is 10.1. The third-order valence-corrected chi connectivity index (χ3v) is 2.05. The molecule has 1 rings (SSSR count). The van der Waals surface area contributed by atoms with Gasteiger partial charge in [-0.05, 0) is 25.8 Å². The fourth-order valence-corrected chi connectivity index (χ4v) is 0.946. The van der Waals surface area contributed by atoms with E-state index in [2.05, 4.69) is 12.0 Å². The highest BCUT2D eigenvalue weighted by Crippen LogP contribution is 2.13. The first-order chi connectivity index (χ1) is 5.60. The molecule has 68 valence electrons. The Hall–Kier alpha value is -0.830. The van der Waals surface area contributed by atoms with Crippen LogP contribution < -0.4 is 0 Å². The molecule has 0 aliphatic rings. The molecule has 0 aliphatic carbocycles. The molecule has 0 amide bonds. The maximum Gasteiger partial charge on any atom is 0.0801 e. The summed E-state index contributed by atoms with van der Waals surface area (Å²) in [4.78, 5) is 0. The summed E-state index contributed by atoms with van der Waals surface area (Å²) in [6, 6.07) is 0. The number of hydrogen-bond acceptors (Lipinski definition) is 2. The molecule has 1 heterocycles. The van der Waals surface area contributed by atoms with E-state index in [1.165, 1.54) is 5.56 Å². The SMILES string of the molecule is CCc1cnn(C(C)(C)CO)c1. The second-order valence-electron chi connectivity index (χ2n) is 3.62. The van der Waals surface area contributed by atoms with Gasteiger partial charge in [-0.1, -0.05) is 6.92 Å². The molecule has 3 nitrogen and oxygen atoms in total. The van der Waals surface area contributed by atoms with E-state index in [0.29, 0.717) is 0 Å². The van der Waals surface area contributed by atoms with Crippen LogP contribution >= 0.6 is 0 Å². The van der Waals surface area contributed by atoms with Gasteiger partial charge in [-0.3, -0.25) is 4.68 Å². The second kappa shape index (κ2) is 3.27. The van der Waals surface area contributed by atoms with Gasteiger partial charge in [0.1, 0.15) is 0 Å². The molecular formula is C9H16N2O. The van der Waals surface area contributed by atoms with Gasteiger partial charge in [0.2, 0.25) is 0 Å². The minimum Gasteiger partial charge on any atom is -0.394 e. The Balaban J connectivity index is 2.88. The van der Waals surface area contributed by atoms with Crippen LogP contribution in [0, 0.1) is 0 Å². The average molecular weight is 168 g/mol. The van der Waals surface area contributed by atoms with Gasteiger partial charge in [-0.2, -0.15) is 5.10 Å². The Morgan fingerprint density at radius 2 is 2.25 bits per heavy atom. The molecule has 0 saturated heterocycles. The summed E-state index contributed by atoms with van der Waals surface area (Å²) >= 11 is 0. The van der Waals surface area contributed by atoms with E-state index < -0.39 is 0 Å². The van der Waals surface area contributed by atoms with E-state index in [1.54, 1.807) is 0 Å². The second-order valence-corrected chi connectivity index (χ2v) is 3.62. The first kappa shape index (κ1) is 9.26. The molecule has 0 fully saturated rings. The van der Waals surface area contributed by atoms with E-state index in [0.717, 1.165) is 6.42 Å². The minimum atomic E-state index is -0.284. The molecule has 0 unspecified atom stereocenters. The Morgan fingerprint density at radius 3 is 2.67 bits per heavy atom. The lowest BCUT2D eigenvalue weighted by Gasteiger charge is -2.22. The fraction of sp³-hybridized carbons (Fsp3) is 0.667. The number of hydrogen-bond donors (Lipinski definition) is 1. The molecule has 0 bridgehead atoms. The third-order valence-electron chi connectivity index (χ3n) is 2.05. The summed E-state index contributed by atoms with van der Waals surface area (Å²) in [7, 11) is 0. The molecular weight excluding hydrogens is 152 g/mol. The average Bonchev–Trinajstić information content (AvgIpc) is 2.52. The van der Waals surface area contributed by atoms with Crippen molar-refractivity contribution in [2.24, 2.45) is 0 Å². The Morgan fingerprint density at radius 1 is 1.58 bits per heavy atom. The van der Waals surface area contributed by atoms with Gasteiger partial charge in [0.15, 0.2) is 0 Å². The number of nitrogens with zero attached hydrogens (tertiary/aromatic N) is 2. The molecule has 1 aromatic heterocycles. The van der Waals surface area contributed by atoms with Gasteiger partial charge in [0.25, 0.3) is 0 Å². The maximum absolute atomic E-state index is 9.07. The van der Waals surface area contributed by atoms with Crippen LogP contribution in [0.5, 0.6) is 0 Å². The molecule has 1 aromatic rings. The summed E-state index contributed by atoms with van der Waals surface area (Å²) in [5, 5.41) is 13.3. The van der Waals surface area contributed by atoms with Crippen molar-refractivity contribution in [2.75, 3.05) is 6.61 Å². The van der Waals surface area contributed by atoms with Gasteiger partial charge in [0, 0.05) is 6.20 Å². The quantitative estimate of drug-likeness (QED) is 0.735. The van der Waals surface area contributed by atoms with Gasteiger partial charge >= 0.3 is 0 Å². The largest absolute Gasteiger partial charge is 0.394 e. The standard InChI is InChI=1S/C9H16N2O/c1-4-8-5-10-11(6-8)9(2,3)7-12/h5-6,12H,4,7H2,1-3H3. The Labute approximate surface area is 73.0 Å². The molecule has 3 heteroatoms. The van der Waals surface area contributed by atoms with Crippen molar-refractivity contribution >= 4 is 0 Å². The van der Waals surface area contributed by atoms with Crippen molar-refractivity contribution in [3.05, 3.63) is 18.0 Å². The molecule has 1 N–H and O–H groups in total. The van der Waals surface area contributed by atoms with E-state index in [4.69, 9.17) is 5.11 Å². The first-order valence-electron chi connectivity index (χ1n) is 4.25. The van der Waals surface area contributed by atoms with E-state index in [-0.39, 0.29) is 12.1 Å². The summed E-state index contributed by atoms with van der Waals surface area (Å²) in [6.07, 6.45) is 4.81. The highest BCUT2D eigenvalue weighted by molar-refractivity contribution is 5.04. The molecule has 0 saturated carbocycles. The minimum absolute atomic E-state index is 0.109. The van der Waals surface area contributed by atoms with E-state index >= 15 is 0 Å². The van der Waals surface area contributed by atoms with Crippen molar-refractivity contribution in [3.8, 4) is 0 Å². The van der Waals surface area contributed by atoms with Crippen LogP contribution in [0.15, 0.2) is 12.4 Å². The number of rotatable bonds is 3. The lowest BCUT2D eigenvalue weighted by molar-refractivity contribution is 0.152. The zero-order valence-corrected chi connectivity index (χ0v) is 7.91. The smallest absolute Gasteiger partial charge is 0.0801 e. The van der Waals surface area contributed by atoms with Gasteiger partial charge < -0.3 is 5.11 Å². The number of aryl methyl sites for hydroxylation is 1. The van der Waals surface area contributed by atoms with Crippen LogP contribution in [0.1, 0.15) is 26.3 Å². The van der Waals surface area contributed by atoms with Crippen molar-refractivity contribution in [1.29, 1.82) is 0 Å². The van der Waals surface area contributed by atoms with Gasteiger partial charge in [-0.15, -0.1) is 0 Å². The third kappa shape index (κ3) is 1.67. The van der Waals surface area contributed by atoms with Crippen LogP contribution in [0.2, 0.25) is 0 Å². The summed E-state index contributed by atoms with van der Waals surface area (Å²) < 4.78 is 1.81. The Bertz CT molecular complexity index is 253. The Kier molecular flexibility index (Phi) is 2.52.